The second-order valence-electron chi connectivity index (χ2n) is 6.62. The highest BCUT2D eigenvalue weighted by Gasteiger charge is 2.29. The summed E-state index contributed by atoms with van der Waals surface area (Å²) in [5.74, 6) is -1.61. The van der Waals surface area contributed by atoms with Crippen molar-refractivity contribution < 1.29 is 23.9 Å². The number of hydrogen-bond donors (Lipinski definition) is 1. The lowest BCUT2D eigenvalue weighted by Gasteiger charge is -2.26. The number of carbonyl (C=O) groups excluding carboxylic acids is 3. The number of rotatable bonds is 6. The number of hydrogen-bond acceptors (Lipinski definition) is 7. The van der Waals surface area contributed by atoms with Crippen molar-refractivity contribution in [3.63, 3.8) is 0 Å². The summed E-state index contributed by atoms with van der Waals surface area (Å²) < 4.78 is 9.75. The van der Waals surface area contributed by atoms with Gasteiger partial charge in [0, 0.05) is 6.20 Å². The first kappa shape index (κ1) is 21.9. The van der Waals surface area contributed by atoms with Crippen LogP contribution in [0.15, 0.2) is 53.9 Å². The number of allylic oxidation sites excluding steroid dienone is 2. The van der Waals surface area contributed by atoms with Crippen molar-refractivity contribution in [2.24, 2.45) is 0 Å². The Labute approximate surface area is 170 Å². The van der Waals surface area contributed by atoms with Crippen molar-refractivity contribution in [1.29, 1.82) is 0 Å². The fourth-order valence-electron chi connectivity index (χ4n) is 2.77. The highest BCUT2D eigenvalue weighted by Crippen LogP contribution is 2.33. The Balaban J connectivity index is 2.63. The fraction of sp³-hybridized carbons (Fsp3) is 0.286. The van der Waals surface area contributed by atoms with E-state index in [2.05, 4.69) is 5.32 Å². The molecule has 29 heavy (non-hydrogen) atoms. The molecule has 1 aliphatic heterocycles. The normalized spacial score (nSPS) is 13.4. The van der Waals surface area contributed by atoms with Gasteiger partial charge in [-0.15, -0.1) is 0 Å². The number of likely N-dealkylation sites (N-methyl/N-ethyl adjacent to an activating group) is 1. The fourth-order valence-corrected chi connectivity index (χ4v) is 2.77. The van der Waals surface area contributed by atoms with Crippen LogP contribution < -0.4 is 10.2 Å². The first-order chi connectivity index (χ1) is 13.8. The summed E-state index contributed by atoms with van der Waals surface area (Å²) in [7, 11) is 6.05. The summed E-state index contributed by atoms with van der Waals surface area (Å²) in [6, 6.07) is 5.40. The maximum Gasteiger partial charge on any atom is 0.355 e. The SMILES string of the molecule is COC(=O)C1=C(C(=O)OC)N(c2cc(C)ccc2NC(=O)CN(C)C)C=CC=C1. The summed E-state index contributed by atoms with van der Waals surface area (Å²) in [5.41, 5.74) is 1.92. The molecule has 1 aromatic rings. The Morgan fingerprint density at radius 1 is 1.07 bits per heavy atom. The molecule has 0 atom stereocenters. The first-order valence-electron chi connectivity index (χ1n) is 8.88. The van der Waals surface area contributed by atoms with E-state index >= 15 is 0 Å². The number of anilines is 2. The van der Waals surface area contributed by atoms with Gasteiger partial charge in [0.05, 0.1) is 37.7 Å². The lowest BCUT2D eigenvalue weighted by Crippen LogP contribution is -2.30. The van der Waals surface area contributed by atoms with E-state index in [4.69, 9.17) is 9.47 Å². The number of nitrogens with zero attached hydrogens (tertiary/aromatic N) is 2. The van der Waals surface area contributed by atoms with E-state index < -0.39 is 11.9 Å². The Morgan fingerprint density at radius 3 is 2.38 bits per heavy atom. The van der Waals surface area contributed by atoms with Gasteiger partial charge in [0.1, 0.15) is 5.70 Å². The van der Waals surface area contributed by atoms with Crippen LogP contribution in [0.4, 0.5) is 11.4 Å². The maximum atomic E-state index is 12.6. The molecular formula is C21H25N3O5. The molecule has 1 heterocycles. The summed E-state index contributed by atoms with van der Waals surface area (Å²) >= 11 is 0. The largest absolute Gasteiger partial charge is 0.465 e. The first-order valence-corrected chi connectivity index (χ1v) is 8.88. The van der Waals surface area contributed by atoms with E-state index in [1.54, 1.807) is 49.5 Å². The van der Waals surface area contributed by atoms with Gasteiger partial charge in [-0.2, -0.15) is 0 Å². The molecule has 0 aromatic heterocycles. The molecule has 0 unspecified atom stereocenters. The summed E-state index contributed by atoms with van der Waals surface area (Å²) in [5, 5.41) is 2.85. The van der Waals surface area contributed by atoms with Gasteiger partial charge in [0.15, 0.2) is 0 Å². The van der Waals surface area contributed by atoms with Crippen molar-refractivity contribution in [3.8, 4) is 0 Å². The van der Waals surface area contributed by atoms with E-state index in [9.17, 15) is 14.4 Å². The molecule has 1 N–H and O–H groups in total. The summed E-state index contributed by atoms with van der Waals surface area (Å²) in [6.45, 7) is 2.08. The minimum Gasteiger partial charge on any atom is -0.465 e. The molecule has 1 aromatic carbocycles. The molecule has 0 aliphatic carbocycles. The van der Waals surface area contributed by atoms with Crippen molar-refractivity contribution in [2.45, 2.75) is 6.92 Å². The van der Waals surface area contributed by atoms with Crippen LogP contribution >= 0.6 is 0 Å². The van der Waals surface area contributed by atoms with Crippen molar-refractivity contribution in [3.05, 3.63) is 59.5 Å². The molecule has 8 heteroatoms. The monoisotopic (exact) mass is 399 g/mol. The van der Waals surface area contributed by atoms with Crippen LogP contribution in [0.3, 0.4) is 0 Å². The molecule has 0 radical (unpaired) electrons. The minimum atomic E-state index is -0.714. The van der Waals surface area contributed by atoms with Gasteiger partial charge in [-0.25, -0.2) is 9.59 Å². The predicted octanol–water partition coefficient (Wildman–Crippen LogP) is 1.99. The Kier molecular flexibility index (Phi) is 7.33. The zero-order valence-corrected chi connectivity index (χ0v) is 17.2. The van der Waals surface area contributed by atoms with Gasteiger partial charge in [0.25, 0.3) is 0 Å². The number of esters is 2. The van der Waals surface area contributed by atoms with Gasteiger partial charge in [-0.05, 0) is 50.9 Å². The molecule has 154 valence electrons. The Hall–Kier alpha value is -3.39. The van der Waals surface area contributed by atoms with Crippen molar-refractivity contribution in [2.75, 3.05) is 45.1 Å². The average molecular weight is 399 g/mol. The number of carbonyl (C=O) groups is 3. The quantitative estimate of drug-likeness (QED) is 0.732. The molecule has 0 bridgehead atoms. The predicted molar refractivity (Wildman–Crippen MR) is 110 cm³/mol. The molecule has 0 spiro atoms. The average Bonchev–Trinajstić information content (AvgIpc) is 2.90. The van der Waals surface area contributed by atoms with Gasteiger partial charge in [0.2, 0.25) is 5.91 Å². The summed E-state index contributed by atoms with van der Waals surface area (Å²) in [4.78, 5) is 40.5. The minimum absolute atomic E-state index is 0.0157. The second kappa shape index (κ2) is 9.70. The zero-order valence-electron chi connectivity index (χ0n) is 17.2. The third-order valence-corrected chi connectivity index (χ3v) is 4.04. The van der Waals surface area contributed by atoms with Gasteiger partial charge in [-0.3, -0.25) is 4.79 Å². The van der Waals surface area contributed by atoms with E-state index in [0.29, 0.717) is 11.4 Å². The third kappa shape index (κ3) is 5.32. The molecular weight excluding hydrogens is 374 g/mol. The Morgan fingerprint density at radius 2 is 1.76 bits per heavy atom. The molecule has 0 saturated carbocycles. The van der Waals surface area contributed by atoms with Crippen LogP contribution in [0, 0.1) is 6.92 Å². The molecule has 0 saturated heterocycles. The third-order valence-electron chi connectivity index (χ3n) is 4.04. The van der Waals surface area contributed by atoms with Crippen LogP contribution in [0.1, 0.15) is 5.56 Å². The topological polar surface area (TPSA) is 88.2 Å². The molecule has 8 nitrogen and oxygen atoms in total. The van der Waals surface area contributed by atoms with Crippen LogP contribution in [-0.4, -0.2) is 57.6 Å². The van der Waals surface area contributed by atoms with E-state index in [1.165, 1.54) is 25.2 Å². The lowest BCUT2D eigenvalue weighted by atomic mass is 10.1. The van der Waals surface area contributed by atoms with Crippen LogP contribution in [0.25, 0.3) is 0 Å². The molecule has 1 amide bonds. The standard InChI is InChI=1S/C21H25N3O5/c1-14-9-10-16(22-18(25)13-23(2)3)17(12-14)24-11-7-6-8-15(20(26)28-4)19(24)21(27)29-5/h6-12H,13H2,1-5H3,(H,22,25). The Bertz CT molecular complexity index is 900. The van der Waals surface area contributed by atoms with Crippen molar-refractivity contribution >= 4 is 29.2 Å². The number of amides is 1. The zero-order chi connectivity index (χ0) is 21.6. The number of methoxy groups -OCH3 is 2. The highest BCUT2D eigenvalue weighted by molar-refractivity contribution is 6.06. The summed E-state index contributed by atoms with van der Waals surface area (Å²) in [6.07, 6.45) is 6.39. The smallest absolute Gasteiger partial charge is 0.355 e. The lowest BCUT2D eigenvalue weighted by molar-refractivity contribution is -0.139. The number of ether oxygens (including phenoxy) is 2. The molecule has 0 fully saturated rings. The number of aryl methyl sites for hydroxylation is 1. The molecule has 2 rings (SSSR count). The van der Waals surface area contributed by atoms with E-state index in [1.807, 2.05) is 13.0 Å². The van der Waals surface area contributed by atoms with Gasteiger partial charge in [-0.1, -0.05) is 12.1 Å². The number of nitrogens with one attached hydrogen (secondary N) is 1. The van der Waals surface area contributed by atoms with Crippen LogP contribution in [0.5, 0.6) is 0 Å². The highest BCUT2D eigenvalue weighted by atomic mass is 16.5. The molecule has 1 aliphatic rings. The van der Waals surface area contributed by atoms with Gasteiger partial charge < -0.3 is 24.6 Å². The van der Waals surface area contributed by atoms with Crippen LogP contribution in [0.2, 0.25) is 0 Å². The van der Waals surface area contributed by atoms with E-state index in [0.717, 1.165) is 5.56 Å². The van der Waals surface area contributed by atoms with Crippen molar-refractivity contribution in [1.82, 2.24) is 4.90 Å². The van der Waals surface area contributed by atoms with Crippen LogP contribution in [-0.2, 0) is 23.9 Å². The van der Waals surface area contributed by atoms with E-state index in [-0.39, 0.29) is 23.7 Å². The second-order valence-corrected chi connectivity index (χ2v) is 6.62. The maximum absolute atomic E-state index is 12.6. The van der Waals surface area contributed by atoms with Gasteiger partial charge >= 0.3 is 11.9 Å². The number of benzene rings is 1.